The number of hydrogen-bond acceptors (Lipinski definition) is 11. The summed E-state index contributed by atoms with van der Waals surface area (Å²) in [5.41, 5.74) is 2.80. The van der Waals surface area contributed by atoms with Gasteiger partial charge in [-0.05, 0) is 32.8 Å². The van der Waals surface area contributed by atoms with Gasteiger partial charge in [0.15, 0.2) is 17.0 Å². The van der Waals surface area contributed by atoms with Crippen LogP contribution in [0.4, 0.5) is 16.6 Å². The van der Waals surface area contributed by atoms with Crippen LogP contribution >= 0.6 is 11.3 Å². The molecule has 13 nitrogen and oxygen atoms in total. The second-order valence-electron chi connectivity index (χ2n) is 11.0. The van der Waals surface area contributed by atoms with E-state index in [4.69, 9.17) is 19.4 Å². The van der Waals surface area contributed by atoms with Gasteiger partial charge in [0.05, 0.1) is 43.1 Å². The van der Waals surface area contributed by atoms with Crippen LogP contribution in [0.25, 0.3) is 22.4 Å². The number of amides is 1. The summed E-state index contributed by atoms with van der Waals surface area (Å²) >= 11 is 1.60. The maximum atomic E-state index is 12.6. The Labute approximate surface area is 241 Å². The van der Waals surface area contributed by atoms with Crippen molar-refractivity contribution in [2.24, 2.45) is 7.05 Å². The predicted octanol–water partition coefficient (Wildman–Crippen LogP) is 3.48. The van der Waals surface area contributed by atoms with Crippen LogP contribution in [0.2, 0.25) is 0 Å². The third-order valence-electron chi connectivity index (χ3n) is 6.73. The topological polar surface area (TPSA) is 128 Å². The second kappa shape index (κ2) is 11.1. The Morgan fingerprint density at radius 1 is 1.15 bits per heavy atom. The number of nitrogens with zero attached hydrogens (tertiary/aromatic N) is 9. The van der Waals surface area contributed by atoms with Gasteiger partial charge < -0.3 is 24.6 Å². The van der Waals surface area contributed by atoms with Crippen LogP contribution < -0.4 is 10.2 Å². The minimum absolute atomic E-state index is 0.288. The van der Waals surface area contributed by atoms with Gasteiger partial charge in [-0.25, -0.2) is 14.8 Å². The first kappa shape index (κ1) is 27.1. The first-order valence-electron chi connectivity index (χ1n) is 13.7. The standard InChI is InChI=1S/C27H34N10O3S/c1-27(2,3)40-26(38)36-7-5-6-18(15-36)20-13-28-21(41-20)14-29-23-22-24(33-25(32-23)35-8-10-39-11-9-35)37(17-30-22)19-12-31-34(4)16-19/h6,12-13,16-17H,5,7-11,14-15H2,1-4H3,(H,29,32,33). The number of rotatable bonds is 6. The molecule has 0 unspecified atom stereocenters. The maximum Gasteiger partial charge on any atom is 0.410 e. The molecular formula is C27H34N10O3S. The zero-order valence-corrected chi connectivity index (χ0v) is 24.5. The molecule has 1 N–H and O–H groups in total. The molecule has 0 saturated carbocycles. The second-order valence-corrected chi connectivity index (χ2v) is 12.1. The quantitative estimate of drug-likeness (QED) is 0.363. The average molecular weight is 579 g/mol. The molecule has 0 aliphatic carbocycles. The van der Waals surface area contributed by atoms with Crippen molar-refractivity contribution >= 4 is 45.9 Å². The molecule has 0 atom stereocenters. The molecule has 4 aromatic rings. The summed E-state index contributed by atoms with van der Waals surface area (Å²) in [6.07, 6.45) is 10.00. The summed E-state index contributed by atoms with van der Waals surface area (Å²) in [5, 5.41) is 8.67. The van der Waals surface area contributed by atoms with E-state index < -0.39 is 5.60 Å². The first-order valence-corrected chi connectivity index (χ1v) is 14.5. The third kappa shape index (κ3) is 6.03. The van der Waals surface area contributed by atoms with Crippen LogP contribution in [0.5, 0.6) is 0 Å². The number of aryl methyl sites for hydroxylation is 1. The minimum Gasteiger partial charge on any atom is -0.444 e. The van der Waals surface area contributed by atoms with Gasteiger partial charge in [0, 0.05) is 39.1 Å². The zero-order chi connectivity index (χ0) is 28.6. The van der Waals surface area contributed by atoms with Gasteiger partial charge in [0.1, 0.15) is 16.9 Å². The largest absolute Gasteiger partial charge is 0.444 e. The highest BCUT2D eigenvalue weighted by Crippen LogP contribution is 2.29. The number of thiazole rings is 1. The Morgan fingerprint density at radius 2 is 1.98 bits per heavy atom. The number of nitrogens with one attached hydrogen (secondary N) is 1. The van der Waals surface area contributed by atoms with E-state index in [0.29, 0.717) is 55.8 Å². The van der Waals surface area contributed by atoms with E-state index in [1.807, 2.05) is 44.8 Å². The van der Waals surface area contributed by atoms with Crippen molar-refractivity contribution in [2.75, 3.05) is 49.6 Å². The number of imidazole rings is 1. The smallest absolute Gasteiger partial charge is 0.410 e. The number of ether oxygens (including phenoxy) is 2. The van der Waals surface area contributed by atoms with Crippen LogP contribution in [0.15, 0.2) is 31.0 Å². The van der Waals surface area contributed by atoms with Crippen LogP contribution in [-0.4, -0.2) is 90.3 Å². The Balaban J connectivity index is 1.22. The molecule has 0 spiro atoms. The van der Waals surface area contributed by atoms with E-state index in [1.165, 1.54) is 0 Å². The van der Waals surface area contributed by atoms with Gasteiger partial charge in [0.2, 0.25) is 5.95 Å². The number of anilines is 2. The van der Waals surface area contributed by atoms with E-state index in [-0.39, 0.29) is 6.09 Å². The number of morpholine rings is 1. The van der Waals surface area contributed by atoms with Crippen molar-refractivity contribution < 1.29 is 14.3 Å². The monoisotopic (exact) mass is 578 g/mol. The molecule has 6 heterocycles. The maximum absolute atomic E-state index is 12.6. The van der Waals surface area contributed by atoms with Gasteiger partial charge in [-0.3, -0.25) is 9.25 Å². The Bertz CT molecular complexity index is 1580. The van der Waals surface area contributed by atoms with Gasteiger partial charge in [-0.2, -0.15) is 15.1 Å². The molecule has 41 heavy (non-hydrogen) atoms. The molecule has 1 fully saturated rings. The Hall–Kier alpha value is -4.04. The summed E-state index contributed by atoms with van der Waals surface area (Å²) in [6.45, 7) is 9.98. The normalized spacial score (nSPS) is 16.2. The molecule has 14 heteroatoms. The molecule has 6 rings (SSSR count). The Morgan fingerprint density at radius 3 is 2.73 bits per heavy atom. The number of carbonyl (C=O) groups is 1. The fraction of sp³-hybridized carbons (Fsp3) is 0.481. The molecule has 2 aliphatic rings. The summed E-state index contributed by atoms with van der Waals surface area (Å²) in [6, 6.07) is 0. The highest BCUT2D eigenvalue weighted by atomic mass is 32.1. The Kier molecular flexibility index (Phi) is 7.34. The zero-order valence-electron chi connectivity index (χ0n) is 23.7. The van der Waals surface area contributed by atoms with E-state index in [1.54, 1.807) is 33.4 Å². The first-order chi connectivity index (χ1) is 19.7. The van der Waals surface area contributed by atoms with E-state index >= 15 is 0 Å². The van der Waals surface area contributed by atoms with Gasteiger partial charge in [0.25, 0.3) is 0 Å². The fourth-order valence-electron chi connectivity index (χ4n) is 4.74. The van der Waals surface area contributed by atoms with Crippen molar-refractivity contribution in [1.29, 1.82) is 0 Å². The SMILES string of the molecule is Cn1cc(-n2cnc3c(NCc4ncc(C5=CCCN(C(=O)OC(C)(C)C)C5)s4)nc(N4CCOCC4)nc32)cn1. The summed E-state index contributed by atoms with van der Waals surface area (Å²) in [4.78, 5) is 36.6. The molecule has 4 aromatic heterocycles. The van der Waals surface area contributed by atoms with E-state index in [2.05, 4.69) is 31.4 Å². The number of fused-ring (bicyclic) bond motifs is 1. The van der Waals surface area contributed by atoms with Crippen molar-refractivity contribution in [2.45, 2.75) is 39.3 Å². The molecule has 0 aromatic carbocycles. The fourth-order valence-corrected chi connectivity index (χ4v) is 5.63. The molecule has 0 bridgehead atoms. The highest BCUT2D eigenvalue weighted by molar-refractivity contribution is 7.12. The van der Waals surface area contributed by atoms with Crippen molar-refractivity contribution in [3.05, 3.63) is 40.9 Å². The van der Waals surface area contributed by atoms with Crippen LogP contribution in [-0.2, 0) is 23.1 Å². The summed E-state index contributed by atoms with van der Waals surface area (Å²) in [7, 11) is 1.88. The van der Waals surface area contributed by atoms with Gasteiger partial charge in [-0.15, -0.1) is 11.3 Å². The van der Waals surface area contributed by atoms with Crippen molar-refractivity contribution in [1.82, 2.24) is 39.2 Å². The van der Waals surface area contributed by atoms with Crippen LogP contribution in [0, 0.1) is 0 Å². The van der Waals surface area contributed by atoms with Crippen LogP contribution in [0.3, 0.4) is 0 Å². The molecule has 216 valence electrons. The predicted molar refractivity (Wildman–Crippen MR) is 156 cm³/mol. The number of carbonyl (C=O) groups excluding carboxylic acids is 1. The molecular weight excluding hydrogens is 544 g/mol. The van der Waals surface area contributed by atoms with E-state index in [9.17, 15) is 4.79 Å². The van der Waals surface area contributed by atoms with Gasteiger partial charge >= 0.3 is 6.09 Å². The molecule has 2 aliphatic heterocycles. The minimum atomic E-state index is -0.524. The molecule has 1 amide bonds. The van der Waals surface area contributed by atoms with Crippen molar-refractivity contribution in [3.63, 3.8) is 0 Å². The lowest BCUT2D eigenvalue weighted by Gasteiger charge is -2.30. The van der Waals surface area contributed by atoms with Gasteiger partial charge in [-0.1, -0.05) is 6.08 Å². The number of hydrogen-bond donors (Lipinski definition) is 1. The van der Waals surface area contributed by atoms with Crippen LogP contribution in [0.1, 0.15) is 37.1 Å². The molecule has 0 radical (unpaired) electrons. The lowest BCUT2D eigenvalue weighted by Crippen LogP contribution is -2.39. The lowest BCUT2D eigenvalue weighted by atomic mass is 10.1. The van der Waals surface area contributed by atoms with Crippen molar-refractivity contribution in [3.8, 4) is 5.69 Å². The average Bonchev–Trinajstić information content (AvgIpc) is 3.71. The highest BCUT2D eigenvalue weighted by Gasteiger charge is 2.26. The summed E-state index contributed by atoms with van der Waals surface area (Å²) in [5.74, 6) is 1.27. The number of aromatic nitrogens is 7. The molecule has 1 saturated heterocycles. The van der Waals surface area contributed by atoms with E-state index in [0.717, 1.165) is 40.7 Å². The third-order valence-corrected chi connectivity index (χ3v) is 7.80. The summed E-state index contributed by atoms with van der Waals surface area (Å²) < 4.78 is 14.8. The lowest BCUT2D eigenvalue weighted by molar-refractivity contribution is 0.0273.